The third-order valence-electron chi connectivity index (χ3n) is 4.72. The van der Waals surface area contributed by atoms with Crippen molar-refractivity contribution in [2.24, 2.45) is 0 Å². The number of anilines is 5. The summed E-state index contributed by atoms with van der Waals surface area (Å²) in [6.07, 6.45) is 6.19. The van der Waals surface area contributed by atoms with E-state index in [1.165, 1.54) is 25.4 Å². The zero-order chi connectivity index (χ0) is 23.4. The first-order valence-corrected chi connectivity index (χ1v) is 9.86. The number of nitrogens with one attached hydrogen (secondary N) is 3. The topological polar surface area (TPSA) is 104 Å². The van der Waals surface area contributed by atoms with Crippen molar-refractivity contribution >= 4 is 34.7 Å². The largest absolute Gasteiger partial charge is 0.492 e. The van der Waals surface area contributed by atoms with Crippen molar-refractivity contribution in [3.8, 4) is 5.75 Å². The number of hydrazine groups is 2. The molecule has 170 valence electrons. The van der Waals surface area contributed by atoms with Crippen molar-refractivity contribution < 1.29 is 18.7 Å². The first-order chi connectivity index (χ1) is 16.0. The number of pyridine rings is 2. The van der Waals surface area contributed by atoms with E-state index in [0.717, 1.165) is 11.9 Å². The van der Waals surface area contributed by atoms with Crippen molar-refractivity contribution in [2.75, 3.05) is 36.9 Å². The number of benzene rings is 1. The predicted octanol–water partition coefficient (Wildman–Crippen LogP) is 3.54. The van der Waals surface area contributed by atoms with Crippen LogP contribution in [0.15, 0.2) is 61.2 Å². The van der Waals surface area contributed by atoms with Crippen LogP contribution in [0.1, 0.15) is 10.4 Å². The van der Waals surface area contributed by atoms with Crippen LogP contribution < -0.4 is 25.9 Å². The van der Waals surface area contributed by atoms with E-state index in [2.05, 4.69) is 26.1 Å². The molecule has 11 heteroatoms. The van der Waals surface area contributed by atoms with Crippen LogP contribution in [0.25, 0.3) is 0 Å². The van der Waals surface area contributed by atoms with Gasteiger partial charge in [-0.1, -0.05) is 6.07 Å². The van der Waals surface area contributed by atoms with Gasteiger partial charge in [0.25, 0.3) is 0 Å². The van der Waals surface area contributed by atoms with Gasteiger partial charge in [-0.3, -0.25) is 10.0 Å². The number of methoxy groups -OCH3 is 2. The number of para-hydroxylation sites is 1. The SMILES string of the molecule is COC(=O)c1cnc(Nc2ccc(F)cn2)cc1Nc1cccc(N2C=CN(C)N2)c1OC. The lowest BCUT2D eigenvalue weighted by atomic mass is 10.2. The number of nitrogens with zero attached hydrogens (tertiary/aromatic N) is 4. The third-order valence-corrected chi connectivity index (χ3v) is 4.72. The van der Waals surface area contributed by atoms with E-state index in [9.17, 15) is 9.18 Å². The fourth-order valence-electron chi connectivity index (χ4n) is 3.19. The molecule has 0 unspecified atom stereocenters. The molecule has 0 spiro atoms. The second-order valence-corrected chi connectivity index (χ2v) is 6.96. The molecule has 3 N–H and O–H groups in total. The molecule has 1 aromatic carbocycles. The highest BCUT2D eigenvalue weighted by atomic mass is 19.1. The van der Waals surface area contributed by atoms with Crippen LogP contribution in [0, 0.1) is 5.82 Å². The van der Waals surface area contributed by atoms with Crippen LogP contribution in [0.2, 0.25) is 0 Å². The molecule has 0 radical (unpaired) electrons. The van der Waals surface area contributed by atoms with Gasteiger partial charge in [0.15, 0.2) is 5.75 Å². The van der Waals surface area contributed by atoms with Gasteiger partial charge >= 0.3 is 5.97 Å². The van der Waals surface area contributed by atoms with Crippen LogP contribution in [0.4, 0.5) is 33.1 Å². The van der Waals surface area contributed by atoms with Crippen LogP contribution >= 0.6 is 0 Å². The number of hydrogen-bond donors (Lipinski definition) is 3. The third kappa shape index (κ3) is 4.77. The summed E-state index contributed by atoms with van der Waals surface area (Å²) in [5, 5.41) is 9.81. The van der Waals surface area contributed by atoms with Crippen LogP contribution in [0.3, 0.4) is 0 Å². The van der Waals surface area contributed by atoms with E-state index in [1.54, 1.807) is 23.2 Å². The first kappa shape index (κ1) is 21.8. The van der Waals surface area contributed by atoms with Gasteiger partial charge in [-0.05, 0) is 24.3 Å². The van der Waals surface area contributed by atoms with Gasteiger partial charge in [0.1, 0.15) is 28.7 Å². The highest BCUT2D eigenvalue weighted by Crippen LogP contribution is 2.38. The molecule has 2 aromatic heterocycles. The minimum absolute atomic E-state index is 0.224. The molecule has 3 aromatic rings. The van der Waals surface area contributed by atoms with Crippen molar-refractivity contribution in [1.29, 1.82) is 0 Å². The number of hydrogen-bond acceptors (Lipinski definition) is 10. The van der Waals surface area contributed by atoms with E-state index >= 15 is 0 Å². The number of esters is 1. The molecule has 0 saturated heterocycles. The van der Waals surface area contributed by atoms with Gasteiger partial charge in [0.2, 0.25) is 0 Å². The predicted molar refractivity (Wildman–Crippen MR) is 122 cm³/mol. The Bertz CT molecular complexity index is 1190. The summed E-state index contributed by atoms with van der Waals surface area (Å²) in [4.78, 5) is 20.6. The summed E-state index contributed by atoms with van der Waals surface area (Å²) in [6.45, 7) is 0. The lowest BCUT2D eigenvalue weighted by Gasteiger charge is -2.23. The molecular weight excluding hydrogens is 429 g/mol. The molecule has 0 fully saturated rings. The lowest BCUT2D eigenvalue weighted by molar-refractivity contribution is 0.0601. The molecule has 0 bridgehead atoms. The standard InChI is InChI=1S/C22H22FN7O3/c1-29-9-10-30(28-29)18-6-4-5-16(21(18)32-2)26-17-11-20(25-13-15(17)22(31)33-3)27-19-8-7-14(23)12-24-19/h4-13,28H,1-3H3,(H2,24,25,26,27). The molecule has 4 rings (SSSR count). The van der Waals surface area contributed by atoms with Crippen LogP contribution in [-0.2, 0) is 4.74 Å². The summed E-state index contributed by atoms with van der Waals surface area (Å²) < 4.78 is 23.7. The average molecular weight is 451 g/mol. The second kappa shape index (κ2) is 9.40. The van der Waals surface area contributed by atoms with Crippen molar-refractivity contribution in [2.45, 2.75) is 0 Å². The molecule has 0 amide bonds. The zero-order valence-electron chi connectivity index (χ0n) is 18.2. The maximum atomic E-state index is 13.2. The summed E-state index contributed by atoms with van der Waals surface area (Å²) in [6, 6.07) is 9.97. The normalized spacial score (nSPS) is 12.6. The maximum absolute atomic E-state index is 13.2. The minimum Gasteiger partial charge on any atom is -0.492 e. The number of carbonyl (C=O) groups excluding carboxylic acids is 1. The minimum atomic E-state index is -0.558. The average Bonchev–Trinajstić information content (AvgIpc) is 3.26. The Morgan fingerprint density at radius 2 is 1.85 bits per heavy atom. The quantitative estimate of drug-likeness (QED) is 0.462. The Morgan fingerprint density at radius 3 is 2.52 bits per heavy atom. The molecule has 0 atom stereocenters. The second-order valence-electron chi connectivity index (χ2n) is 6.96. The molecular formula is C22H22FN7O3. The van der Waals surface area contributed by atoms with E-state index in [4.69, 9.17) is 9.47 Å². The highest BCUT2D eigenvalue weighted by molar-refractivity contribution is 5.97. The van der Waals surface area contributed by atoms with Crippen LogP contribution in [-0.4, -0.2) is 42.2 Å². The summed E-state index contributed by atoms with van der Waals surface area (Å²) >= 11 is 0. The van der Waals surface area contributed by atoms with E-state index in [0.29, 0.717) is 28.8 Å². The molecule has 10 nitrogen and oxygen atoms in total. The fraction of sp³-hybridized carbons (Fsp3) is 0.136. The van der Waals surface area contributed by atoms with E-state index in [-0.39, 0.29) is 5.56 Å². The molecule has 0 saturated carbocycles. The summed E-state index contributed by atoms with van der Waals surface area (Å²) in [5.74, 6) is 0.337. The number of halogens is 1. The Morgan fingerprint density at radius 1 is 1.03 bits per heavy atom. The summed E-state index contributed by atoms with van der Waals surface area (Å²) in [7, 11) is 4.73. The lowest BCUT2D eigenvalue weighted by Crippen LogP contribution is -2.37. The van der Waals surface area contributed by atoms with Crippen molar-refractivity contribution in [3.63, 3.8) is 0 Å². The number of ether oxygens (including phenoxy) is 2. The number of aromatic nitrogens is 2. The van der Waals surface area contributed by atoms with Gasteiger partial charge in [-0.15, -0.1) is 5.53 Å². The molecule has 3 heterocycles. The van der Waals surface area contributed by atoms with Gasteiger partial charge in [0.05, 0.1) is 31.8 Å². The maximum Gasteiger partial charge on any atom is 0.341 e. The van der Waals surface area contributed by atoms with E-state index in [1.807, 2.05) is 37.6 Å². The van der Waals surface area contributed by atoms with Gasteiger partial charge < -0.3 is 20.1 Å². The zero-order valence-corrected chi connectivity index (χ0v) is 18.2. The number of rotatable bonds is 7. The Balaban J connectivity index is 1.69. The Labute approximate surface area is 189 Å². The first-order valence-electron chi connectivity index (χ1n) is 9.86. The van der Waals surface area contributed by atoms with Crippen LogP contribution in [0.5, 0.6) is 5.75 Å². The highest BCUT2D eigenvalue weighted by Gasteiger charge is 2.20. The Kier molecular flexibility index (Phi) is 6.22. The molecule has 33 heavy (non-hydrogen) atoms. The van der Waals surface area contributed by atoms with Crippen molar-refractivity contribution in [1.82, 2.24) is 20.5 Å². The van der Waals surface area contributed by atoms with Gasteiger partial charge in [-0.25, -0.2) is 19.2 Å². The van der Waals surface area contributed by atoms with Crippen molar-refractivity contribution in [3.05, 3.63) is 72.6 Å². The fourth-order valence-corrected chi connectivity index (χ4v) is 3.19. The van der Waals surface area contributed by atoms with Gasteiger partial charge in [-0.2, -0.15) is 0 Å². The van der Waals surface area contributed by atoms with Gasteiger partial charge in [0, 0.05) is 31.7 Å². The molecule has 1 aliphatic heterocycles. The summed E-state index contributed by atoms with van der Waals surface area (Å²) in [5.41, 5.74) is 5.16. The molecule has 0 aliphatic carbocycles. The smallest absolute Gasteiger partial charge is 0.341 e. The number of carbonyl (C=O) groups is 1. The molecule has 1 aliphatic rings. The monoisotopic (exact) mass is 451 g/mol. The Hall–Kier alpha value is -4.38. The van der Waals surface area contributed by atoms with E-state index < -0.39 is 11.8 Å².